The van der Waals surface area contributed by atoms with Gasteiger partial charge in [0, 0.05) is 12.6 Å². The molecule has 1 aliphatic rings. The second-order valence-corrected chi connectivity index (χ2v) is 4.05. The van der Waals surface area contributed by atoms with Crippen LogP contribution in [-0.2, 0) is 25.0 Å². The highest BCUT2D eigenvalue weighted by Crippen LogP contribution is 2.21. The number of ether oxygens (including phenoxy) is 1. The minimum atomic E-state index is -0.0628. The third-order valence-corrected chi connectivity index (χ3v) is 2.93. The van der Waals surface area contributed by atoms with Gasteiger partial charge in [-0.2, -0.15) is 0 Å². The fourth-order valence-electron chi connectivity index (χ4n) is 1.96. The number of aryl methyl sites for hydroxylation is 1. The molecule has 2 heterocycles. The summed E-state index contributed by atoms with van der Waals surface area (Å²) < 4.78 is 6.80. The third kappa shape index (κ3) is 1.64. The second-order valence-electron chi connectivity index (χ2n) is 4.05. The summed E-state index contributed by atoms with van der Waals surface area (Å²) in [4.78, 5) is 12.2. The Labute approximate surface area is 98.0 Å². The van der Waals surface area contributed by atoms with E-state index in [1.807, 2.05) is 18.2 Å². The molecule has 0 radical (unpaired) electrons. The second kappa shape index (κ2) is 3.78. The Morgan fingerprint density at radius 3 is 2.94 bits per heavy atom. The zero-order valence-corrected chi connectivity index (χ0v) is 9.38. The number of ketones is 1. The van der Waals surface area contributed by atoms with Gasteiger partial charge in [-0.1, -0.05) is 17.3 Å². The van der Waals surface area contributed by atoms with Crippen molar-refractivity contribution in [1.29, 1.82) is 0 Å². The van der Waals surface area contributed by atoms with Crippen LogP contribution < -0.4 is 0 Å². The van der Waals surface area contributed by atoms with Gasteiger partial charge in [-0.05, 0) is 17.2 Å². The van der Waals surface area contributed by atoms with Crippen molar-refractivity contribution >= 4 is 5.78 Å². The Bertz CT molecular complexity index is 589. The third-order valence-electron chi connectivity index (χ3n) is 2.93. The van der Waals surface area contributed by atoms with Crippen LogP contribution >= 0.6 is 0 Å². The standard InChI is InChI=1S/C12H11N3O2/c1-15-11(5-13-14-15)12(16)8-2-3-9-6-17-7-10(9)4-8/h2-5H,6-7H2,1H3. The summed E-state index contributed by atoms with van der Waals surface area (Å²) in [6.45, 7) is 1.22. The van der Waals surface area contributed by atoms with Crippen molar-refractivity contribution in [1.82, 2.24) is 15.0 Å². The fourth-order valence-corrected chi connectivity index (χ4v) is 1.96. The van der Waals surface area contributed by atoms with Gasteiger partial charge >= 0.3 is 0 Å². The lowest BCUT2D eigenvalue weighted by molar-refractivity contribution is 0.103. The van der Waals surface area contributed by atoms with E-state index in [0.29, 0.717) is 24.5 Å². The van der Waals surface area contributed by atoms with Crippen LogP contribution in [0.5, 0.6) is 0 Å². The molecule has 86 valence electrons. The highest BCUT2D eigenvalue weighted by Gasteiger charge is 2.17. The van der Waals surface area contributed by atoms with Crippen molar-refractivity contribution in [2.45, 2.75) is 13.2 Å². The summed E-state index contributed by atoms with van der Waals surface area (Å²) in [7, 11) is 1.71. The summed E-state index contributed by atoms with van der Waals surface area (Å²) in [5.41, 5.74) is 3.39. The first-order valence-corrected chi connectivity index (χ1v) is 5.34. The van der Waals surface area contributed by atoms with Crippen molar-refractivity contribution in [3.63, 3.8) is 0 Å². The number of rotatable bonds is 2. The quantitative estimate of drug-likeness (QED) is 0.723. The topological polar surface area (TPSA) is 57.0 Å². The van der Waals surface area contributed by atoms with E-state index in [1.54, 1.807) is 7.05 Å². The first kappa shape index (κ1) is 10.2. The minimum absolute atomic E-state index is 0.0628. The molecule has 0 saturated heterocycles. The monoisotopic (exact) mass is 229 g/mol. The van der Waals surface area contributed by atoms with Gasteiger partial charge in [0.1, 0.15) is 5.69 Å². The number of nitrogens with zero attached hydrogens (tertiary/aromatic N) is 3. The predicted octanol–water partition coefficient (Wildman–Crippen LogP) is 1.08. The molecule has 0 bridgehead atoms. The van der Waals surface area contributed by atoms with Gasteiger partial charge in [-0.3, -0.25) is 4.79 Å². The number of hydrogen-bond donors (Lipinski definition) is 0. The van der Waals surface area contributed by atoms with Gasteiger partial charge in [0.25, 0.3) is 0 Å². The fraction of sp³-hybridized carbons (Fsp3) is 0.250. The van der Waals surface area contributed by atoms with Crippen molar-refractivity contribution in [3.8, 4) is 0 Å². The highest BCUT2D eigenvalue weighted by atomic mass is 16.5. The first-order chi connectivity index (χ1) is 8.25. The van der Waals surface area contributed by atoms with E-state index in [9.17, 15) is 4.79 Å². The molecular weight excluding hydrogens is 218 g/mol. The minimum Gasteiger partial charge on any atom is -0.372 e. The molecule has 0 saturated carbocycles. The van der Waals surface area contributed by atoms with Crippen molar-refractivity contribution in [3.05, 3.63) is 46.8 Å². The lowest BCUT2D eigenvalue weighted by atomic mass is 10.0. The molecule has 0 unspecified atom stereocenters. The zero-order valence-electron chi connectivity index (χ0n) is 9.38. The van der Waals surface area contributed by atoms with Gasteiger partial charge in [-0.25, -0.2) is 4.68 Å². The van der Waals surface area contributed by atoms with Gasteiger partial charge in [0.15, 0.2) is 0 Å². The number of hydrogen-bond acceptors (Lipinski definition) is 4. The van der Waals surface area contributed by atoms with E-state index in [2.05, 4.69) is 10.3 Å². The van der Waals surface area contributed by atoms with Gasteiger partial charge < -0.3 is 4.74 Å². The average molecular weight is 229 g/mol. The number of benzene rings is 1. The maximum absolute atomic E-state index is 12.2. The van der Waals surface area contributed by atoms with Crippen LogP contribution in [0.4, 0.5) is 0 Å². The van der Waals surface area contributed by atoms with Crippen molar-refractivity contribution in [2.75, 3.05) is 0 Å². The van der Waals surface area contributed by atoms with Crippen LogP contribution in [0.3, 0.4) is 0 Å². The molecule has 0 amide bonds. The van der Waals surface area contributed by atoms with Gasteiger partial charge in [0.2, 0.25) is 5.78 Å². The van der Waals surface area contributed by atoms with Crippen LogP contribution in [0.25, 0.3) is 0 Å². The Morgan fingerprint density at radius 2 is 2.18 bits per heavy atom. The Morgan fingerprint density at radius 1 is 1.35 bits per heavy atom. The number of carbonyl (C=O) groups excluding carboxylic acids is 1. The van der Waals surface area contributed by atoms with Gasteiger partial charge in [0.05, 0.1) is 19.4 Å². The van der Waals surface area contributed by atoms with E-state index < -0.39 is 0 Å². The maximum Gasteiger partial charge on any atom is 0.212 e. The SMILES string of the molecule is Cn1nncc1C(=O)c1ccc2c(c1)COC2. The number of aromatic nitrogens is 3. The Balaban J connectivity index is 2.00. The highest BCUT2D eigenvalue weighted by molar-refractivity contribution is 6.07. The molecule has 0 N–H and O–H groups in total. The van der Waals surface area contributed by atoms with Crippen LogP contribution in [-0.4, -0.2) is 20.8 Å². The molecule has 2 aromatic rings. The first-order valence-electron chi connectivity index (χ1n) is 5.34. The Kier molecular flexibility index (Phi) is 2.26. The van der Waals surface area contributed by atoms with E-state index in [1.165, 1.54) is 10.9 Å². The lowest BCUT2D eigenvalue weighted by Crippen LogP contribution is -2.08. The van der Waals surface area contributed by atoms with Crippen LogP contribution in [0, 0.1) is 0 Å². The molecule has 17 heavy (non-hydrogen) atoms. The van der Waals surface area contributed by atoms with Crippen molar-refractivity contribution < 1.29 is 9.53 Å². The maximum atomic E-state index is 12.2. The van der Waals surface area contributed by atoms with Crippen LogP contribution in [0.1, 0.15) is 27.2 Å². The summed E-state index contributed by atoms with van der Waals surface area (Å²) in [6, 6.07) is 5.65. The molecule has 0 aliphatic carbocycles. The predicted molar refractivity (Wildman–Crippen MR) is 59.4 cm³/mol. The zero-order chi connectivity index (χ0) is 11.8. The summed E-state index contributed by atoms with van der Waals surface area (Å²) in [5, 5.41) is 7.47. The summed E-state index contributed by atoms with van der Waals surface area (Å²) in [5.74, 6) is -0.0628. The average Bonchev–Trinajstić information content (AvgIpc) is 2.95. The molecule has 0 fully saturated rings. The molecule has 1 aromatic carbocycles. The molecule has 5 nitrogen and oxygen atoms in total. The van der Waals surface area contributed by atoms with E-state index in [-0.39, 0.29) is 5.78 Å². The van der Waals surface area contributed by atoms with Crippen LogP contribution in [0.2, 0.25) is 0 Å². The molecule has 0 atom stereocenters. The smallest absolute Gasteiger partial charge is 0.212 e. The van der Waals surface area contributed by atoms with Crippen LogP contribution in [0.15, 0.2) is 24.4 Å². The van der Waals surface area contributed by atoms with Crippen molar-refractivity contribution in [2.24, 2.45) is 7.05 Å². The Hall–Kier alpha value is -2.01. The van der Waals surface area contributed by atoms with E-state index in [4.69, 9.17) is 4.74 Å². The number of fused-ring (bicyclic) bond motifs is 1. The molecule has 5 heteroatoms. The number of carbonyl (C=O) groups is 1. The largest absolute Gasteiger partial charge is 0.372 e. The molecular formula is C12H11N3O2. The normalized spacial score (nSPS) is 13.7. The van der Waals surface area contributed by atoms with Gasteiger partial charge in [-0.15, -0.1) is 5.10 Å². The molecule has 1 aliphatic heterocycles. The molecule has 0 spiro atoms. The molecule has 3 rings (SSSR count). The molecule has 1 aromatic heterocycles. The summed E-state index contributed by atoms with van der Waals surface area (Å²) in [6.07, 6.45) is 1.48. The van der Waals surface area contributed by atoms with E-state index in [0.717, 1.165) is 11.1 Å². The summed E-state index contributed by atoms with van der Waals surface area (Å²) >= 11 is 0. The lowest BCUT2D eigenvalue weighted by Gasteiger charge is -2.02. The van der Waals surface area contributed by atoms with E-state index >= 15 is 0 Å².